The second-order valence-corrected chi connectivity index (χ2v) is 4.39. The molecule has 4 heteroatoms. The molecule has 1 aromatic heterocycles. The molecule has 1 N–H and O–H groups in total. The van der Waals surface area contributed by atoms with E-state index >= 15 is 0 Å². The van der Waals surface area contributed by atoms with Gasteiger partial charge in [-0.1, -0.05) is 70.8 Å². The molecular formula is C19H28BNO2. The van der Waals surface area contributed by atoms with E-state index in [1.807, 2.05) is 52.0 Å². The molecule has 1 aromatic carbocycles. The molecule has 0 bridgehead atoms. The second kappa shape index (κ2) is 12.6. The van der Waals surface area contributed by atoms with Crippen LogP contribution in [-0.2, 0) is 0 Å². The van der Waals surface area contributed by atoms with Gasteiger partial charge in [-0.2, -0.15) is 0 Å². The summed E-state index contributed by atoms with van der Waals surface area (Å²) in [6.45, 7) is 10.7. The first kappa shape index (κ1) is 21.0. The smallest absolute Gasteiger partial charge is 0.250 e. The Morgan fingerprint density at radius 1 is 1.00 bits per heavy atom. The van der Waals surface area contributed by atoms with Crippen LogP contribution in [0, 0.1) is 0 Å². The summed E-state index contributed by atoms with van der Waals surface area (Å²) >= 11 is 0. The molecule has 2 aromatic rings. The Kier molecular flexibility index (Phi) is 11.5. The maximum Gasteiger partial charge on any atom is 0.250 e. The summed E-state index contributed by atoms with van der Waals surface area (Å²) in [5, 5.41) is 0. The Morgan fingerprint density at radius 2 is 1.61 bits per heavy atom. The number of rotatable bonds is 5. The topological polar surface area (TPSA) is 42.1 Å². The van der Waals surface area contributed by atoms with Gasteiger partial charge in [-0.05, 0) is 18.1 Å². The minimum absolute atomic E-state index is 0.161. The fourth-order valence-electron chi connectivity index (χ4n) is 1.78. The van der Waals surface area contributed by atoms with Crippen LogP contribution < -0.4 is 15.8 Å². The first-order chi connectivity index (χ1) is 11.2. The van der Waals surface area contributed by atoms with Crippen LogP contribution in [0.3, 0.4) is 0 Å². The van der Waals surface area contributed by atoms with Gasteiger partial charge in [-0.15, -0.1) is 0 Å². The van der Waals surface area contributed by atoms with Crippen LogP contribution >= 0.6 is 0 Å². The van der Waals surface area contributed by atoms with Crippen LogP contribution in [0.25, 0.3) is 11.1 Å². The van der Waals surface area contributed by atoms with E-state index in [1.165, 1.54) is 6.07 Å². The minimum atomic E-state index is -0.161. The number of hydrogen-bond acceptors (Lipinski definition) is 2. The zero-order valence-electron chi connectivity index (χ0n) is 15.0. The highest BCUT2D eigenvalue weighted by Crippen LogP contribution is 2.26. The summed E-state index contributed by atoms with van der Waals surface area (Å²) in [5.41, 5.74) is 2.39. The van der Waals surface area contributed by atoms with Gasteiger partial charge >= 0.3 is 0 Å². The highest BCUT2D eigenvalue weighted by atomic mass is 16.5. The summed E-state index contributed by atoms with van der Waals surface area (Å²) < 4.78 is 5.66. The van der Waals surface area contributed by atoms with Gasteiger partial charge in [0.25, 0.3) is 5.56 Å². The largest absolute Gasteiger partial charge is 0.478 e. The van der Waals surface area contributed by atoms with E-state index in [0.717, 1.165) is 24.0 Å². The fourth-order valence-corrected chi connectivity index (χ4v) is 1.78. The maximum atomic E-state index is 11.4. The Bertz CT molecular complexity index is 591. The molecule has 0 fully saturated rings. The molecule has 0 atom stereocenters. The normalized spacial score (nSPS) is 9.09. The Hall–Kier alpha value is -1.97. The zero-order chi connectivity index (χ0) is 17.7. The van der Waals surface area contributed by atoms with E-state index in [-0.39, 0.29) is 5.56 Å². The first-order valence-corrected chi connectivity index (χ1v) is 8.42. The number of aromatic amines is 1. The number of pyridine rings is 1. The summed E-state index contributed by atoms with van der Waals surface area (Å²) in [6, 6.07) is 10.8. The number of unbranched alkanes of at least 4 members (excludes halogenated alkanes) is 1. The Labute approximate surface area is 141 Å². The van der Waals surface area contributed by atoms with Gasteiger partial charge in [0.1, 0.15) is 7.85 Å². The number of aromatic nitrogens is 1. The fraction of sp³-hybridized carbons (Fsp3) is 0.421. The monoisotopic (exact) mass is 313 g/mol. The van der Waals surface area contributed by atoms with Gasteiger partial charge < -0.3 is 4.74 Å². The van der Waals surface area contributed by atoms with Crippen molar-refractivity contribution in [3.63, 3.8) is 0 Å². The van der Waals surface area contributed by atoms with Gasteiger partial charge in [0.05, 0.1) is 6.61 Å². The van der Waals surface area contributed by atoms with E-state index in [0.29, 0.717) is 17.9 Å². The van der Waals surface area contributed by atoms with E-state index < -0.39 is 0 Å². The van der Waals surface area contributed by atoms with Crippen LogP contribution in [0.1, 0.15) is 47.5 Å². The molecular weight excluding hydrogens is 285 g/mol. The van der Waals surface area contributed by atoms with Crippen LogP contribution in [0.4, 0.5) is 0 Å². The van der Waals surface area contributed by atoms with Crippen LogP contribution in [-0.4, -0.2) is 19.4 Å². The first-order valence-electron chi connectivity index (χ1n) is 8.42. The average Bonchev–Trinajstić information content (AvgIpc) is 2.60. The van der Waals surface area contributed by atoms with Gasteiger partial charge in [-0.3, -0.25) is 9.78 Å². The Balaban J connectivity index is 0.00000112. The van der Waals surface area contributed by atoms with E-state index in [4.69, 9.17) is 12.6 Å². The predicted molar refractivity (Wildman–Crippen MR) is 101 cm³/mol. The molecule has 0 saturated heterocycles. The van der Waals surface area contributed by atoms with Crippen molar-refractivity contribution in [1.82, 2.24) is 4.98 Å². The molecule has 1 heterocycles. The number of H-pyrrole nitrogens is 1. The number of ether oxygens (including phenoxy) is 1. The molecule has 0 aliphatic heterocycles. The van der Waals surface area contributed by atoms with Crippen molar-refractivity contribution in [3.8, 4) is 17.0 Å². The molecule has 0 amide bonds. The lowest BCUT2D eigenvalue weighted by atomic mass is 9.94. The molecule has 3 nitrogen and oxygen atoms in total. The highest BCUT2D eigenvalue weighted by molar-refractivity contribution is 6.32. The zero-order valence-corrected chi connectivity index (χ0v) is 15.0. The van der Waals surface area contributed by atoms with Crippen molar-refractivity contribution in [1.29, 1.82) is 0 Å². The van der Waals surface area contributed by atoms with Gasteiger partial charge in [-0.25, -0.2) is 0 Å². The summed E-state index contributed by atoms with van der Waals surface area (Å²) in [7, 11) is 5.68. The summed E-state index contributed by atoms with van der Waals surface area (Å²) in [6.07, 6.45) is 2.01. The summed E-state index contributed by atoms with van der Waals surface area (Å²) in [5.74, 6) is 0.519. The molecule has 0 saturated carbocycles. The van der Waals surface area contributed by atoms with E-state index in [9.17, 15) is 4.79 Å². The van der Waals surface area contributed by atoms with Crippen molar-refractivity contribution < 1.29 is 4.74 Å². The van der Waals surface area contributed by atoms with Crippen molar-refractivity contribution in [2.24, 2.45) is 0 Å². The third-order valence-corrected chi connectivity index (χ3v) is 2.85. The van der Waals surface area contributed by atoms with Crippen molar-refractivity contribution in [3.05, 3.63) is 46.8 Å². The predicted octanol–water partition coefficient (Wildman–Crippen LogP) is 4.07. The highest BCUT2D eigenvalue weighted by Gasteiger charge is 2.07. The molecule has 2 rings (SSSR count). The third-order valence-electron chi connectivity index (χ3n) is 2.85. The lowest BCUT2D eigenvalue weighted by molar-refractivity contribution is 0.298. The van der Waals surface area contributed by atoms with Gasteiger partial charge in [0.15, 0.2) is 0 Å². The molecule has 124 valence electrons. The lowest BCUT2D eigenvalue weighted by Gasteiger charge is -2.11. The Morgan fingerprint density at radius 3 is 2.17 bits per heavy atom. The molecule has 0 unspecified atom stereocenters. The van der Waals surface area contributed by atoms with Crippen molar-refractivity contribution in [2.75, 3.05) is 6.61 Å². The standard InChI is InChI=1S/C15H16BNO2.2C2H6/c1-2-3-10-19-15-13(8-9-14(18)17-15)11-4-6-12(16)7-5-11;2*1-2/h4-9H,2-3,10H2,1H3,(H,17,18);2*1-2H3. The molecule has 23 heavy (non-hydrogen) atoms. The van der Waals surface area contributed by atoms with Crippen molar-refractivity contribution >= 4 is 13.3 Å². The third kappa shape index (κ3) is 7.22. The van der Waals surface area contributed by atoms with E-state index in [2.05, 4.69) is 11.9 Å². The minimum Gasteiger partial charge on any atom is -0.478 e. The van der Waals surface area contributed by atoms with Crippen LogP contribution in [0.15, 0.2) is 41.2 Å². The average molecular weight is 313 g/mol. The van der Waals surface area contributed by atoms with Crippen LogP contribution in [0.2, 0.25) is 0 Å². The number of hydrogen-bond donors (Lipinski definition) is 1. The molecule has 0 spiro atoms. The molecule has 0 aliphatic rings. The quantitative estimate of drug-likeness (QED) is 0.668. The SMILES string of the molecule is CC.CC.[B]c1ccc(-c2ccc(=O)[nH]c2OCCCC)cc1. The summed E-state index contributed by atoms with van der Waals surface area (Å²) in [4.78, 5) is 14.1. The van der Waals surface area contributed by atoms with Crippen molar-refractivity contribution in [2.45, 2.75) is 47.5 Å². The lowest BCUT2D eigenvalue weighted by Crippen LogP contribution is -2.09. The second-order valence-electron chi connectivity index (χ2n) is 4.39. The maximum absolute atomic E-state index is 11.4. The number of benzene rings is 1. The molecule has 2 radical (unpaired) electrons. The number of nitrogens with one attached hydrogen (secondary N) is 1. The molecule has 0 aliphatic carbocycles. The van der Waals surface area contributed by atoms with Gasteiger partial charge in [0.2, 0.25) is 5.88 Å². The van der Waals surface area contributed by atoms with E-state index in [1.54, 1.807) is 6.07 Å². The van der Waals surface area contributed by atoms with Gasteiger partial charge in [0, 0.05) is 11.6 Å². The van der Waals surface area contributed by atoms with Crippen LogP contribution in [0.5, 0.6) is 5.88 Å².